The number of hydrogen-bond donors (Lipinski definition) is 1. The summed E-state index contributed by atoms with van der Waals surface area (Å²) in [7, 11) is 0. The van der Waals surface area contributed by atoms with Gasteiger partial charge in [0.25, 0.3) is 0 Å². The number of rotatable bonds is 6. The van der Waals surface area contributed by atoms with Gasteiger partial charge in [-0.3, -0.25) is 0 Å². The summed E-state index contributed by atoms with van der Waals surface area (Å²) in [6.45, 7) is 8.59. The molecular formula is C18H22ClNO. The van der Waals surface area contributed by atoms with E-state index >= 15 is 0 Å². The Labute approximate surface area is 132 Å². The van der Waals surface area contributed by atoms with Gasteiger partial charge in [0, 0.05) is 6.54 Å². The Bertz CT molecular complexity index is 610. The first-order valence-corrected chi connectivity index (χ1v) is 7.66. The Kier molecular flexibility index (Phi) is 5.66. The summed E-state index contributed by atoms with van der Waals surface area (Å²) in [6.07, 6.45) is 0. The Morgan fingerprint density at radius 1 is 1.10 bits per heavy atom. The highest BCUT2D eigenvalue weighted by atomic mass is 35.5. The third kappa shape index (κ3) is 4.48. The van der Waals surface area contributed by atoms with Crippen molar-refractivity contribution < 1.29 is 4.74 Å². The van der Waals surface area contributed by atoms with E-state index in [1.807, 2.05) is 18.2 Å². The van der Waals surface area contributed by atoms with Crippen molar-refractivity contribution in [1.29, 1.82) is 0 Å². The number of ether oxygens (including phenoxy) is 1. The zero-order valence-corrected chi connectivity index (χ0v) is 13.6. The molecule has 0 saturated heterocycles. The third-order valence-corrected chi connectivity index (χ3v) is 3.76. The van der Waals surface area contributed by atoms with Gasteiger partial charge in [0.15, 0.2) is 0 Å². The van der Waals surface area contributed by atoms with Crippen molar-refractivity contribution in [2.75, 3.05) is 6.54 Å². The summed E-state index contributed by atoms with van der Waals surface area (Å²) >= 11 is 6.29. The van der Waals surface area contributed by atoms with E-state index in [-0.39, 0.29) is 0 Å². The summed E-state index contributed by atoms with van der Waals surface area (Å²) < 4.78 is 5.87. The standard InChI is InChI=1S/C18H22ClNO/c1-4-20-11-15-7-8-18(17(19)10-15)21-12-16-9-13(2)5-6-14(16)3/h5-10,20H,4,11-12H2,1-3H3. The largest absolute Gasteiger partial charge is 0.487 e. The number of nitrogens with one attached hydrogen (secondary N) is 1. The number of aryl methyl sites for hydroxylation is 2. The fourth-order valence-corrected chi connectivity index (χ4v) is 2.41. The number of halogens is 1. The summed E-state index contributed by atoms with van der Waals surface area (Å²) in [6, 6.07) is 12.3. The second kappa shape index (κ2) is 7.48. The molecule has 0 aromatic heterocycles. The normalized spacial score (nSPS) is 10.7. The second-order valence-electron chi connectivity index (χ2n) is 5.26. The lowest BCUT2D eigenvalue weighted by atomic mass is 10.1. The van der Waals surface area contributed by atoms with Crippen LogP contribution >= 0.6 is 11.6 Å². The molecule has 2 rings (SSSR count). The zero-order chi connectivity index (χ0) is 15.2. The maximum absolute atomic E-state index is 6.29. The van der Waals surface area contributed by atoms with Crippen LogP contribution in [0.4, 0.5) is 0 Å². The summed E-state index contributed by atoms with van der Waals surface area (Å²) in [5.41, 5.74) is 4.84. The molecule has 0 bridgehead atoms. The molecule has 0 radical (unpaired) electrons. The minimum atomic E-state index is 0.541. The van der Waals surface area contributed by atoms with Crippen molar-refractivity contribution >= 4 is 11.6 Å². The fourth-order valence-electron chi connectivity index (χ4n) is 2.15. The van der Waals surface area contributed by atoms with Crippen LogP contribution in [0.2, 0.25) is 5.02 Å². The molecule has 0 atom stereocenters. The molecule has 3 heteroatoms. The highest BCUT2D eigenvalue weighted by Crippen LogP contribution is 2.26. The van der Waals surface area contributed by atoms with Crippen LogP contribution in [0.3, 0.4) is 0 Å². The molecule has 0 heterocycles. The number of benzene rings is 2. The van der Waals surface area contributed by atoms with E-state index in [0.29, 0.717) is 11.6 Å². The quantitative estimate of drug-likeness (QED) is 0.839. The van der Waals surface area contributed by atoms with E-state index in [2.05, 4.69) is 44.3 Å². The highest BCUT2D eigenvalue weighted by Gasteiger charge is 2.05. The number of hydrogen-bond acceptors (Lipinski definition) is 2. The zero-order valence-electron chi connectivity index (χ0n) is 12.9. The van der Waals surface area contributed by atoms with Crippen LogP contribution in [0.5, 0.6) is 5.75 Å². The average Bonchev–Trinajstić information content (AvgIpc) is 2.47. The minimum Gasteiger partial charge on any atom is -0.487 e. The van der Waals surface area contributed by atoms with Crippen LogP contribution < -0.4 is 10.1 Å². The van der Waals surface area contributed by atoms with E-state index < -0.39 is 0 Å². The van der Waals surface area contributed by atoms with Crippen LogP contribution in [0, 0.1) is 13.8 Å². The molecular weight excluding hydrogens is 282 g/mol. The smallest absolute Gasteiger partial charge is 0.138 e. The Morgan fingerprint density at radius 3 is 2.62 bits per heavy atom. The van der Waals surface area contributed by atoms with Crippen molar-refractivity contribution in [2.45, 2.75) is 33.9 Å². The van der Waals surface area contributed by atoms with Crippen LogP contribution in [-0.4, -0.2) is 6.54 Å². The molecule has 0 aliphatic carbocycles. The van der Waals surface area contributed by atoms with Gasteiger partial charge in [-0.2, -0.15) is 0 Å². The molecule has 1 N–H and O–H groups in total. The molecule has 0 amide bonds. The molecule has 0 spiro atoms. The predicted octanol–water partition coefficient (Wildman–Crippen LogP) is 4.65. The lowest BCUT2D eigenvalue weighted by Gasteiger charge is -2.12. The van der Waals surface area contributed by atoms with Crippen molar-refractivity contribution in [3.63, 3.8) is 0 Å². The molecule has 0 aliphatic heterocycles. The van der Waals surface area contributed by atoms with E-state index in [1.165, 1.54) is 22.3 Å². The van der Waals surface area contributed by atoms with E-state index in [4.69, 9.17) is 16.3 Å². The van der Waals surface area contributed by atoms with Crippen LogP contribution in [-0.2, 0) is 13.2 Å². The van der Waals surface area contributed by atoms with Gasteiger partial charge in [0.1, 0.15) is 12.4 Å². The van der Waals surface area contributed by atoms with Crippen LogP contribution in [0.25, 0.3) is 0 Å². The second-order valence-corrected chi connectivity index (χ2v) is 5.67. The van der Waals surface area contributed by atoms with Gasteiger partial charge in [-0.25, -0.2) is 0 Å². The topological polar surface area (TPSA) is 21.3 Å². The molecule has 112 valence electrons. The molecule has 2 aromatic rings. The van der Waals surface area contributed by atoms with Gasteiger partial charge < -0.3 is 10.1 Å². The first kappa shape index (κ1) is 15.9. The molecule has 2 nitrogen and oxygen atoms in total. The summed E-state index contributed by atoms with van der Waals surface area (Å²) in [5, 5.41) is 3.95. The molecule has 0 fully saturated rings. The van der Waals surface area contributed by atoms with Gasteiger partial charge in [0.2, 0.25) is 0 Å². The van der Waals surface area contributed by atoms with Gasteiger partial charge in [-0.1, -0.05) is 48.4 Å². The molecule has 0 unspecified atom stereocenters. The maximum Gasteiger partial charge on any atom is 0.138 e. The Hall–Kier alpha value is -1.51. The molecule has 0 saturated carbocycles. The van der Waals surface area contributed by atoms with Crippen molar-refractivity contribution in [1.82, 2.24) is 5.32 Å². The minimum absolute atomic E-state index is 0.541. The van der Waals surface area contributed by atoms with Crippen LogP contribution in [0.15, 0.2) is 36.4 Å². The summed E-state index contributed by atoms with van der Waals surface area (Å²) in [4.78, 5) is 0. The van der Waals surface area contributed by atoms with Crippen molar-refractivity contribution in [3.8, 4) is 5.75 Å². The Morgan fingerprint density at radius 2 is 1.90 bits per heavy atom. The van der Waals surface area contributed by atoms with Crippen LogP contribution in [0.1, 0.15) is 29.2 Å². The van der Waals surface area contributed by atoms with E-state index in [0.717, 1.165) is 18.8 Å². The monoisotopic (exact) mass is 303 g/mol. The van der Waals surface area contributed by atoms with Crippen molar-refractivity contribution in [2.24, 2.45) is 0 Å². The van der Waals surface area contributed by atoms with E-state index in [1.54, 1.807) is 0 Å². The van der Waals surface area contributed by atoms with Gasteiger partial charge in [0.05, 0.1) is 5.02 Å². The molecule has 2 aromatic carbocycles. The van der Waals surface area contributed by atoms with Crippen molar-refractivity contribution in [3.05, 3.63) is 63.7 Å². The summed E-state index contributed by atoms with van der Waals surface area (Å²) in [5.74, 6) is 0.734. The third-order valence-electron chi connectivity index (χ3n) is 3.46. The maximum atomic E-state index is 6.29. The fraction of sp³-hybridized carbons (Fsp3) is 0.333. The van der Waals surface area contributed by atoms with Gasteiger partial charge in [-0.05, 0) is 49.2 Å². The van der Waals surface area contributed by atoms with E-state index in [9.17, 15) is 0 Å². The Balaban J connectivity index is 2.04. The molecule has 21 heavy (non-hydrogen) atoms. The lowest BCUT2D eigenvalue weighted by Crippen LogP contribution is -2.11. The average molecular weight is 304 g/mol. The lowest BCUT2D eigenvalue weighted by molar-refractivity contribution is 0.305. The first-order valence-electron chi connectivity index (χ1n) is 7.28. The highest BCUT2D eigenvalue weighted by molar-refractivity contribution is 6.32. The SMILES string of the molecule is CCNCc1ccc(OCc2cc(C)ccc2C)c(Cl)c1. The predicted molar refractivity (Wildman–Crippen MR) is 89.1 cm³/mol. The van der Waals surface area contributed by atoms with Gasteiger partial charge in [-0.15, -0.1) is 0 Å². The van der Waals surface area contributed by atoms with Gasteiger partial charge >= 0.3 is 0 Å². The molecule has 0 aliphatic rings. The first-order chi connectivity index (χ1) is 10.1.